The van der Waals surface area contributed by atoms with Crippen LogP contribution < -0.4 is 5.32 Å². The number of ketones is 1. The highest BCUT2D eigenvalue weighted by atomic mass is 32.2. The molecule has 25 heavy (non-hydrogen) atoms. The monoisotopic (exact) mass is 369 g/mol. The van der Waals surface area contributed by atoms with Gasteiger partial charge in [-0.05, 0) is 44.0 Å². The van der Waals surface area contributed by atoms with Crippen LogP contribution in [0.25, 0.3) is 0 Å². The number of thioether (sulfide) groups is 1. The van der Waals surface area contributed by atoms with E-state index in [4.69, 9.17) is 0 Å². The Hall–Kier alpha value is -2.18. The van der Waals surface area contributed by atoms with E-state index in [1.54, 1.807) is 0 Å². The first-order valence-corrected chi connectivity index (χ1v) is 9.66. The van der Waals surface area contributed by atoms with Gasteiger partial charge < -0.3 is 5.32 Å². The van der Waals surface area contributed by atoms with E-state index in [2.05, 4.69) is 41.5 Å². The highest BCUT2D eigenvalue weighted by Crippen LogP contribution is 2.31. The van der Waals surface area contributed by atoms with E-state index in [0.29, 0.717) is 0 Å². The Morgan fingerprint density at radius 3 is 2.56 bits per heavy atom. The van der Waals surface area contributed by atoms with Crippen molar-refractivity contribution in [1.29, 1.82) is 0 Å². The number of hydrogen-bond donors (Lipinski definition) is 1. The fourth-order valence-corrected chi connectivity index (χ4v) is 4.29. The van der Waals surface area contributed by atoms with Gasteiger partial charge >= 0.3 is 0 Å². The summed E-state index contributed by atoms with van der Waals surface area (Å²) in [7, 11) is 0. The number of carbonyl (C=O) groups excluding carboxylic acids is 1. The lowest BCUT2D eigenvalue weighted by Crippen LogP contribution is -2.13. The van der Waals surface area contributed by atoms with Gasteiger partial charge in [0.2, 0.25) is 5.13 Å². The lowest BCUT2D eigenvalue weighted by atomic mass is 10.1. The van der Waals surface area contributed by atoms with Crippen molar-refractivity contribution in [3.05, 3.63) is 65.2 Å². The minimum Gasteiger partial charge on any atom is -0.330 e. The molecule has 0 unspecified atom stereocenters. The summed E-state index contributed by atoms with van der Waals surface area (Å²) < 4.78 is 0.781. The van der Waals surface area contributed by atoms with E-state index in [0.717, 1.165) is 20.7 Å². The zero-order valence-electron chi connectivity index (χ0n) is 14.3. The molecule has 0 radical (unpaired) electrons. The first-order valence-electron chi connectivity index (χ1n) is 7.96. The average Bonchev–Trinajstić information content (AvgIpc) is 3.05. The molecular weight excluding hydrogens is 350 g/mol. The molecule has 0 saturated heterocycles. The number of rotatable bonds is 6. The van der Waals surface area contributed by atoms with Gasteiger partial charge in [0.15, 0.2) is 10.1 Å². The normalized spacial score (nSPS) is 12.0. The van der Waals surface area contributed by atoms with Crippen molar-refractivity contribution < 1.29 is 4.79 Å². The third-order valence-corrected chi connectivity index (χ3v) is 5.89. The molecule has 0 aliphatic rings. The Morgan fingerprint density at radius 2 is 1.84 bits per heavy atom. The molecule has 0 aliphatic carbocycles. The fraction of sp³-hybridized carbons (Fsp3) is 0.211. The fourth-order valence-electron chi connectivity index (χ4n) is 2.29. The van der Waals surface area contributed by atoms with Gasteiger partial charge in [-0.3, -0.25) is 4.79 Å². The van der Waals surface area contributed by atoms with Gasteiger partial charge in [0.25, 0.3) is 0 Å². The number of anilines is 2. The summed E-state index contributed by atoms with van der Waals surface area (Å²) in [5.74, 6) is 0.101. The highest BCUT2D eigenvalue weighted by Gasteiger charge is 2.18. The van der Waals surface area contributed by atoms with E-state index in [-0.39, 0.29) is 11.0 Å². The van der Waals surface area contributed by atoms with Gasteiger partial charge in [-0.1, -0.05) is 59.5 Å². The second kappa shape index (κ2) is 7.80. The van der Waals surface area contributed by atoms with Crippen LogP contribution in [0.3, 0.4) is 0 Å². The number of Topliss-reactive ketones (excluding diaryl/α,β-unsaturated/α-hetero) is 1. The standard InChI is InChI=1S/C19H19N3OS2/c1-12-9-10-16(11-13(12)2)20-18-21-22-19(25-18)24-14(3)17(23)15-7-5-4-6-8-15/h4-11,14H,1-3H3,(H,20,21)/t14-/m0/s1. The van der Waals surface area contributed by atoms with Crippen LogP contribution in [0.4, 0.5) is 10.8 Å². The van der Waals surface area contributed by atoms with Crippen LogP contribution in [0.15, 0.2) is 52.9 Å². The van der Waals surface area contributed by atoms with Crippen molar-refractivity contribution in [3.63, 3.8) is 0 Å². The predicted molar refractivity (Wildman–Crippen MR) is 105 cm³/mol. The Labute approximate surface area is 155 Å². The summed E-state index contributed by atoms with van der Waals surface area (Å²) in [6.45, 7) is 6.07. The molecule has 0 saturated carbocycles. The maximum atomic E-state index is 12.4. The lowest BCUT2D eigenvalue weighted by molar-refractivity contribution is 0.0994. The summed E-state index contributed by atoms with van der Waals surface area (Å²) in [5.41, 5.74) is 4.20. The van der Waals surface area contributed by atoms with E-state index in [1.807, 2.05) is 43.3 Å². The summed E-state index contributed by atoms with van der Waals surface area (Å²) in [5, 5.41) is 12.2. The van der Waals surface area contributed by atoms with Crippen LogP contribution in [0, 0.1) is 13.8 Å². The van der Waals surface area contributed by atoms with Gasteiger partial charge in [0, 0.05) is 11.3 Å². The number of carbonyl (C=O) groups is 1. The van der Waals surface area contributed by atoms with E-state index in [9.17, 15) is 4.79 Å². The molecule has 1 heterocycles. The molecule has 0 fully saturated rings. The van der Waals surface area contributed by atoms with Gasteiger partial charge in [-0.2, -0.15) is 0 Å². The zero-order chi connectivity index (χ0) is 17.8. The van der Waals surface area contributed by atoms with E-state index >= 15 is 0 Å². The van der Waals surface area contributed by atoms with E-state index in [1.165, 1.54) is 34.2 Å². The molecule has 6 heteroatoms. The lowest BCUT2D eigenvalue weighted by Gasteiger charge is -2.07. The first-order chi connectivity index (χ1) is 12.0. The van der Waals surface area contributed by atoms with Crippen LogP contribution in [-0.2, 0) is 0 Å². The highest BCUT2D eigenvalue weighted by molar-refractivity contribution is 8.02. The van der Waals surface area contributed by atoms with Crippen LogP contribution in [0.5, 0.6) is 0 Å². The van der Waals surface area contributed by atoms with Gasteiger partial charge in [-0.25, -0.2) is 0 Å². The van der Waals surface area contributed by atoms with Crippen molar-refractivity contribution in [1.82, 2.24) is 10.2 Å². The number of benzene rings is 2. The predicted octanol–water partition coefficient (Wildman–Crippen LogP) is 5.26. The molecule has 0 bridgehead atoms. The van der Waals surface area contributed by atoms with Gasteiger partial charge in [0.1, 0.15) is 0 Å². The summed E-state index contributed by atoms with van der Waals surface area (Å²) >= 11 is 2.89. The van der Waals surface area contributed by atoms with E-state index < -0.39 is 0 Å². The second-order valence-corrected chi connectivity index (χ2v) is 8.35. The Bertz CT molecular complexity index is 877. The van der Waals surface area contributed by atoms with Crippen LogP contribution >= 0.6 is 23.1 Å². The quantitative estimate of drug-likeness (QED) is 0.474. The third kappa shape index (κ3) is 4.46. The maximum Gasteiger partial charge on any atom is 0.210 e. The third-order valence-electron chi connectivity index (χ3n) is 3.87. The minimum absolute atomic E-state index is 0.101. The Morgan fingerprint density at radius 1 is 1.08 bits per heavy atom. The van der Waals surface area contributed by atoms with Crippen LogP contribution in [-0.4, -0.2) is 21.2 Å². The number of hydrogen-bond acceptors (Lipinski definition) is 6. The topological polar surface area (TPSA) is 54.9 Å². The molecule has 1 aromatic heterocycles. The molecule has 4 nitrogen and oxygen atoms in total. The van der Waals surface area contributed by atoms with Gasteiger partial charge in [0.05, 0.1) is 5.25 Å². The molecule has 0 spiro atoms. The Balaban J connectivity index is 1.65. The second-order valence-electron chi connectivity index (χ2n) is 5.79. The smallest absolute Gasteiger partial charge is 0.210 e. The molecular formula is C19H19N3OS2. The summed E-state index contributed by atoms with van der Waals surface area (Å²) in [4.78, 5) is 12.4. The minimum atomic E-state index is -0.204. The molecule has 128 valence electrons. The van der Waals surface area contributed by atoms with Crippen molar-refractivity contribution in [2.24, 2.45) is 0 Å². The molecule has 2 aromatic carbocycles. The number of aryl methyl sites for hydroxylation is 2. The Kier molecular flexibility index (Phi) is 5.50. The average molecular weight is 370 g/mol. The first kappa shape index (κ1) is 17.6. The molecule has 0 aliphatic heterocycles. The molecule has 1 N–H and O–H groups in total. The van der Waals surface area contributed by atoms with Crippen molar-refractivity contribution in [2.45, 2.75) is 30.4 Å². The number of nitrogens with zero attached hydrogens (tertiary/aromatic N) is 2. The van der Waals surface area contributed by atoms with Crippen LogP contribution in [0.2, 0.25) is 0 Å². The molecule has 3 aromatic rings. The molecule has 3 rings (SSSR count). The largest absolute Gasteiger partial charge is 0.330 e. The summed E-state index contributed by atoms with van der Waals surface area (Å²) in [6.07, 6.45) is 0. The summed E-state index contributed by atoms with van der Waals surface area (Å²) in [6, 6.07) is 15.5. The van der Waals surface area contributed by atoms with Crippen molar-refractivity contribution in [3.8, 4) is 0 Å². The number of aromatic nitrogens is 2. The molecule has 1 atom stereocenters. The molecule has 0 amide bonds. The maximum absolute atomic E-state index is 12.4. The van der Waals surface area contributed by atoms with Crippen molar-refractivity contribution >= 4 is 39.7 Å². The SMILES string of the molecule is Cc1ccc(Nc2nnc(S[C@@H](C)C(=O)c3ccccc3)s2)cc1C. The zero-order valence-corrected chi connectivity index (χ0v) is 15.9. The van der Waals surface area contributed by atoms with Gasteiger partial charge in [-0.15, -0.1) is 10.2 Å². The van der Waals surface area contributed by atoms with Crippen molar-refractivity contribution in [2.75, 3.05) is 5.32 Å². The number of nitrogens with one attached hydrogen (secondary N) is 1. The van der Waals surface area contributed by atoms with Crippen LogP contribution in [0.1, 0.15) is 28.4 Å².